The second-order valence-corrected chi connectivity index (χ2v) is 5.38. The number of nitrogens with two attached hydrogens (primary N) is 1. The third kappa shape index (κ3) is 4.68. The number of hydrogen-bond donors (Lipinski definition) is 3. The van der Waals surface area contributed by atoms with Gasteiger partial charge in [0, 0.05) is 18.7 Å². The van der Waals surface area contributed by atoms with Crippen molar-refractivity contribution in [2.45, 2.75) is 31.2 Å². The smallest absolute Gasteiger partial charge is 0.251 e. The van der Waals surface area contributed by atoms with Gasteiger partial charge in [-0.3, -0.25) is 9.59 Å². The van der Waals surface area contributed by atoms with E-state index >= 15 is 0 Å². The first-order chi connectivity index (χ1) is 10.0. The molecule has 0 atom stereocenters. The van der Waals surface area contributed by atoms with Crippen LogP contribution in [0.2, 0.25) is 0 Å². The summed E-state index contributed by atoms with van der Waals surface area (Å²) in [7, 11) is 0. The van der Waals surface area contributed by atoms with Crippen molar-refractivity contribution in [3.05, 3.63) is 35.6 Å². The van der Waals surface area contributed by atoms with E-state index in [2.05, 4.69) is 10.6 Å². The molecule has 0 aliphatic heterocycles. The summed E-state index contributed by atoms with van der Waals surface area (Å²) in [5, 5.41) is 5.40. The number of amides is 2. The van der Waals surface area contributed by atoms with E-state index in [1.54, 1.807) is 0 Å². The van der Waals surface area contributed by atoms with Crippen LogP contribution in [0.25, 0.3) is 0 Å². The number of rotatable bonds is 5. The number of hydrogen-bond acceptors (Lipinski definition) is 3. The number of nitrogens with one attached hydrogen (secondary N) is 2. The Morgan fingerprint density at radius 1 is 1.09 bits per heavy atom. The van der Waals surface area contributed by atoms with Crippen molar-refractivity contribution in [2.24, 2.45) is 5.73 Å². The van der Waals surface area contributed by atoms with Gasteiger partial charge >= 0.3 is 0 Å². The van der Waals surface area contributed by atoms with Crippen LogP contribution in [0.3, 0.4) is 0 Å². The molecule has 0 bridgehead atoms. The minimum Gasteiger partial charge on any atom is -0.353 e. The van der Waals surface area contributed by atoms with E-state index in [-0.39, 0.29) is 30.0 Å². The van der Waals surface area contributed by atoms with E-state index in [1.165, 1.54) is 24.3 Å². The molecular formula is C15H21ClFN3O2. The molecule has 0 radical (unpaired) electrons. The number of carbonyl (C=O) groups excluding carboxylic acids is 2. The Morgan fingerprint density at radius 2 is 1.64 bits per heavy atom. The highest BCUT2D eigenvalue weighted by atomic mass is 35.5. The standard InChI is InChI=1S/C15H20FN3O2.ClH/c16-12-5-3-11(4-6-12)13(20)18-9-10-19-14(21)15(17)7-1-2-8-15;/h3-6H,1-2,7-10,17H2,(H,18,20)(H,19,21);1H. The molecule has 122 valence electrons. The zero-order valence-electron chi connectivity index (χ0n) is 12.2. The first-order valence-electron chi connectivity index (χ1n) is 7.12. The van der Waals surface area contributed by atoms with Crippen molar-refractivity contribution in [3.8, 4) is 0 Å². The van der Waals surface area contributed by atoms with Crippen LogP contribution in [0.5, 0.6) is 0 Å². The molecule has 4 N–H and O–H groups in total. The van der Waals surface area contributed by atoms with Gasteiger partial charge < -0.3 is 16.4 Å². The molecule has 1 fully saturated rings. The first-order valence-corrected chi connectivity index (χ1v) is 7.12. The second-order valence-electron chi connectivity index (χ2n) is 5.38. The minimum absolute atomic E-state index is 0. The Hall–Kier alpha value is -1.66. The van der Waals surface area contributed by atoms with Crippen molar-refractivity contribution in [1.82, 2.24) is 10.6 Å². The van der Waals surface area contributed by atoms with Gasteiger partial charge in [0.2, 0.25) is 5.91 Å². The molecule has 0 heterocycles. The quantitative estimate of drug-likeness (QED) is 0.713. The van der Waals surface area contributed by atoms with Gasteiger partial charge in [-0.2, -0.15) is 0 Å². The second kappa shape index (κ2) is 8.10. The fourth-order valence-electron chi connectivity index (χ4n) is 2.46. The third-order valence-corrected chi connectivity index (χ3v) is 3.75. The topological polar surface area (TPSA) is 84.2 Å². The largest absolute Gasteiger partial charge is 0.353 e. The summed E-state index contributed by atoms with van der Waals surface area (Å²) in [6.07, 6.45) is 3.37. The SMILES string of the molecule is Cl.NC1(C(=O)NCCNC(=O)c2ccc(F)cc2)CCCC1. The van der Waals surface area contributed by atoms with Crippen molar-refractivity contribution in [1.29, 1.82) is 0 Å². The Bertz CT molecular complexity index is 516. The maximum absolute atomic E-state index is 12.7. The maximum atomic E-state index is 12.7. The number of halogens is 2. The average Bonchev–Trinajstić information content (AvgIpc) is 2.92. The van der Waals surface area contributed by atoms with Gasteiger partial charge in [0.25, 0.3) is 5.91 Å². The molecule has 0 spiro atoms. The molecule has 1 aliphatic rings. The summed E-state index contributed by atoms with van der Waals surface area (Å²) in [5.41, 5.74) is 5.65. The van der Waals surface area contributed by atoms with Gasteiger partial charge in [-0.15, -0.1) is 12.4 Å². The van der Waals surface area contributed by atoms with E-state index in [0.717, 1.165) is 12.8 Å². The van der Waals surface area contributed by atoms with Crippen LogP contribution in [0, 0.1) is 5.82 Å². The molecular weight excluding hydrogens is 309 g/mol. The summed E-state index contributed by atoms with van der Waals surface area (Å²) in [4.78, 5) is 23.7. The highest BCUT2D eigenvalue weighted by Crippen LogP contribution is 2.26. The summed E-state index contributed by atoms with van der Waals surface area (Å²) in [6.45, 7) is 0.628. The van der Waals surface area contributed by atoms with E-state index in [4.69, 9.17) is 5.73 Å². The molecule has 1 saturated carbocycles. The molecule has 0 aromatic heterocycles. The van der Waals surface area contributed by atoms with Crippen molar-refractivity contribution >= 4 is 24.2 Å². The number of carbonyl (C=O) groups is 2. The summed E-state index contributed by atoms with van der Waals surface area (Å²) >= 11 is 0. The van der Waals surface area contributed by atoms with Crippen molar-refractivity contribution < 1.29 is 14.0 Å². The molecule has 2 amide bonds. The molecule has 1 aromatic rings. The minimum atomic E-state index is -0.749. The van der Waals surface area contributed by atoms with E-state index in [0.29, 0.717) is 31.5 Å². The van der Waals surface area contributed by atoms with Crippen LogP contribution in [-0.2, 0) is 4.79 Å². The monoisotopic (exact) mass is 329 g/mol. The molecule has 1 aromatic carbocycles. The molecule has 7 heteroatoms. The lowest BCUT2D eigenvalue weighted by molar-refractivity contribution is -0.126. The highest BCUT2D eigenvalue weighted by Gasteiger charge is 2.36. The van der Waals surface area contributed by atoms with Crippen LogP contribution in [0.15, 0.2) is 24.3 Å². The summed E-state index contributed by atoms with van der Waals surface area (Å²) in [6, 6.07) is 5.29. The van der Waals surface area contributed by atoms with E-state index in [9.17, 15) is 14.0 Å². The lowest BCUT2D eigenvalue weighted by Gasteiger charge is -2.22. The van der Waals surface area contributed by atoms with Crippen LogP contribution in [0.1, 0.15) is 36.0 Å². The highest BCUT2D eigenvalue weighted by molar-refractivity contribution is 5.94. The van der Waals surface area contributed by atoms with E-state index < -0.39 is 5.54 Å². The zero-order valence-corrected chi connectivity index (χ0v) is 13.0. The maximum Gasteiger partial charge on any atom is 0.251 e. The molecule has 0 unspecified atom stereocenters. The molecule has 22 heavy (non-hydrogen) atoms. The van der Waals surface area contributed by atoms with Crippen LogP contribution >= 0.6 is 12.4 Å². The normalized spacial score (nSPS) is 15.7. The zero-order chi connectivity index (χ0) is 15.3. The Balaban J connectivity index is 0.00000242. The van der Waals surface area contributed by atoms with Gasteiger partial charge in [-0.1, -0.05) is 12.8 Å². The van der Waals surface area contributed by atoms with Crippen molar-refractivity contribution in [3.63, 3.8) is 0 Å². The average molecular weight is 330 g/mol. The molecule has 1 aliphatic carbocycles. The predicted octanol–water partition coefficient (Wildman–Crippen LogP) is 1.36. The van der Waals surface area contributed by atoms with Crippen molar-refractivity contribution in [2.75, 3.05) is 13.1 Å². The molecule has 0 saturated heterocycles. The van der Waals surface area contributed by atoms with Crippen LogP contribution in [-0.4, -0.2) is 30.4 Å². The molecule has 2 rings (SSSR count). The Morgan fingerprint density at radius 3 is 2.23 bits per heavy atom. The molecule has 5 nitrogen and oxygen atoms in total. The fraction of sp³-hybridized carbons (Fsp3) is 0.467. The summed E-state index contributed by atoms with van der Waals surface area (Å²) < 4.78 is 12.7. The Labute approximate surface area is 135 Å². The van der Waals surface area contributed by atoms with Gasteiger partial charge in [0.05, 0.1) is 5.54 Å². The van der Waals surface area contributed by atoms with Gasteiger partial charge in [0.1, 0.15) is 5.82 Å². The van der Waals surface area contributed by atoms with E-state index in [1.807, 2.05) is 0 Å². The van der Waals surface area contributed by atoms with Crippen LogP contribution in [0.4, 0.5) is 4.39 Å². The summed E-state index contributed by atoms with van der Waals surface area (Å²) in [5.74, 6) is -0.841. The predicted molar refractivity (Wildman–Crippen MR) is 84.4 cm³/mol. The third-order valence-electron chi connectivity index (χ3n) is 3.75. The van der Waals surface area contributed by atoms with Crippen LogP contribution < -0.4 is 16.4 Å². The lowest BCUT2D eigenvalue weighted by Crippen LogP contribution is -2.53. The Kier molecular flexibility index (Phi) is 6.77. The van der Waals surface area contributed by atoms with Gasteiger partial charge in [-0.05, 0) is 37.1 Å². The number of benzene rings is 1. The lowest BCUT2D eigenvalue weighted by atomic mass is 9.98. The van der Waals surface area contributed by atoms with Gasteiger partial charge in [0.15, 0.2) is 0 Å². The fourth-order valence-corrected chi connectivity index (χ4v) is 2.46. The van der Waals surface area contributed by atoms with Gasteiger partial charge in [-0.25, -0.2) is 4.39 Å². The first kappa shape index (κ1) is 18.4.